The van der Waals surface area contributed by atoms with Crippen LogP contribution in [0.3, 0.4) is 0 Å². The van der Waals surface area contributed by atoms with Crippen LogP contribution in [0, 0.1) is 5.92 Å². The summed E-state index contributed by atoms with van der Waals surface area (Å²) in [6.07, 6.45) is 4.80. The molecule has 0 aliphatic rings. The molecule has 0 bridgehead atoms. The summed E-state index contributed by atoms with van der Waals surface area (Å²) in [4.78, 5) is 0. The van der Waals surface area contributed by atoms with E-state index in [1.54, 1.807) is 6.08 Å². The molecule has 2 atom stereocenters. The highest BCUT2D eigenvalue weighted by Crippen LogP contribution is 2.12. The zero-order chi connectivity index (χ0) is 7.98. The van der Waals surface area contributed by atoms with Crippen molar-refractivity contribution in [2.75, 3.05) is 0 Å². The summed E-state index contributed by atoms with van der Waals surface area (Å²) in [7, 11) is 0. The van der Waals surface area contributed by atoms with E-state index >= 15 is 0 Å². The molecule has 0 saturated heterocycles. The van der Waals surface area contributed by atoms with Gasteiger partial charge in [0.05, 0.1) is 6.10 Å². The first-order valence-electron chi connectivity index (χ1n) is 4.03. The molecule has 0 aromatic carbocycles. The molecular formula is C9H18O. The Morgan fingerprint density at radius 3 is 2.60 bits per heavy atom. The van der Waals surface area contributed by atoms with Gasteiger partial charge in [-0.3, -0.25) is 0 Å². The largest absolute Gasteiger partial charge is 0.389 e. The van der Waals surface area contributed by atoms with Gasteiger partial charge in [-0.05, 0) is 12.3 Å². The first-order chi connectivity index (χ1) is 4.72. The van der Waals surface area contributed by atoms with Gasteiger partial charge in [0.15, 0.2) is 0 Å². The fourth-order valence-electron chi connectivity index (χ4n) is 0.929. The maximum absolute atomic E-state index is 9.24. The molecule has 0 rings (SSSR count). The second-order valence-electron chi connectivity index (χ2n) is 2.85. The highest BCUT2D eigenvalue weighted by molar-refractivity contribution is 4.81. The minimum Gasteiger partial charge on any atom is -0.389 e. The summed E-state index contributed by atoms with van der Waals surface area (Å²) < 4.78 is 0. The van der Waals surface area contributed by atoms with Crippen molar-refractivity contribution in [3.8, 4) is 0 Å². The van der Waals surface area contributed by atoms with Crippen LogP contribution in [0.15, 0.2) is 12.7 Å². The molecule has 0 heterocycles. The molecule has 0 aromatic rings. The Kier molecular flexibility index (Phi) is 5.32. The second kappa shape index (κ2) is 5.48. The monoisotopic (exact) mass is 142 g/mol. The molecule has 1 heteroatoms. The molecule has 60 valence electrons. The first-order valence-corrected chi connectivity index (χ1v) is 4.03. The maximum Gasteiger partial charge on any atom is 0.0743 e. The van der Waals surface area contributed by atoms with Gasteiger partial charge in [-0.2, -0.15) is 0 Å². The third-order valence-electron chi connectivity index (χ3n) is 1.84. The van der Waals surface area contributed by atoms with Crippen LogP contribution in [0.5, 0.6) is 0 Å². The Hall–Kier alpha value is -0.300. The lowest BCUT2D eigenvalue weighted by Gasteiger charge is -2.13. The van der Waals surface area contributed by atoms with E-state index in [9.17, 15) is 5.11 Å². The number of aliphatic hydroxyl groups is 1. The van der Waals surface area contributed by atoms with E-state index in [4.69, 9.17) is 0 Å². The van der Waals surface area contributed by atoms with Gasteiger partial charge in [0.2, 0.25) is 0 Å². The van der Waals surface area contributed by atoms with Gasteiger partial charge in [-0.1, -0.05) is 32.8 Å². The molecule has 10 heavy (non-hydrogen) atoms. The lowest BCUT2D eigenvalue weighted by atomic mass is 9.98. The Balaban J connectivity index is 3.40. The predicted molar refractivity (Wildman–Crippen MR) is 44.9 cm³/mol. The van der Waals surface area contributed by atoms with E-state index in [1.165, 1.54) is 12.8 Å². The fourth-order valence-corrected chi connectivity index (χ4v) is 0.929. The minimum absolute atomic E-state index is 0.313. The van der Waals surface area contributed by atoms with Gasteiger partial charge in [0.1, 0.15) is 0 Å². The summed E-state index contributed by atoms with van der Waals surface area (Å²) in [5, 5.41) is 9.24. The average molecular weight is 142 g/mol. The third-order valence-corrected chi connectivity index (χ3v) is 1.84. The Labute approximate surface area is 63.8 Å². The number of rotatable bonds is 5. The number of unbranched alkanes of at least 4 members (excludes halogenated alkanes) is 1. The Bertz CT molecular complexity index is 88.7. The van der Waals surface area contributed by atoms with E-state index in [2.05, 4.69) is 20.4 Å². The van der Waals surface area contributed by atoms with Gasteiger partial charge < -0.3 is 5.11 Å². The molecular weight excluding hydrogens is 124 g/mol. The molecule has 1 nitrogen and oxygen atoms in total. The Morgan fingerprint density at radius 1 is 1.60 bits per heavy atom. The normalized spacial score (nSPS) is 16.3. The van der Waals surface area contributed by atoms with Crippen molar-refractivity contribution in [1.82, 2.24) is 0 Å². The van der Waals surface area contributed by atoms with E-state index in [0.29, 0.717) is 5.92 Å². The molecule has 0 spiro atoms. The summed E-state index contributed by atoms with van der Waals surface area (Å²) in [6, 6.07) is 0. The first kappa shape index (κ1) is 9.70. The van der Waals surface area contributed by atoms with E-state index in [-0.39, 0.29) is 6.10 Å². The standard InChI is InChI=1S/C9H18O/c1-4-6-7-8(3)9(10)5-2/h5,8-10H,2,4,6-7H2,1,3H3/t8?,9-/m0/s1. The summed E-state index contributed by atoms with van der Waals surface area (Å²) in [6.45, 7) is 7.76. The lowest BCUT2D eigenvalue weighted by molar-refractivity contribution is 0.155. The van der Waals surface area contributed by atoms with Crippen molar-refractivity contribution >= 4 is 0 Å². The molecule has 0 aliphatic heterocycles. The minimum atomic E-state index is -0.313. The van der Waals surface area contributed by atoms with Crippen LogP contribution in [0.25, 0.3) is 0 Å². The van der Waals surface area contributed by atoms with Crippen molar-refractivity contribution in [3.63, 3.8) is 0 Å². The number of hydrogen-bond acceptors (Lipinski definition) is 1. The van der Waals surface area contributed by atoms with E-state index in [1.807, 2.05) is 0 Å². The summed E-state index contributed by atoms with van der Waals surface area (Å²) >= 11 is 0. The molecule has 0 amide bonds. The van der Waals surface area contributed by atoms with Gasteiger partial charge >= 0.3 is 0 Å². The topological polar surface area (TPSA) is 20.2 Å². The quantitative estimate of drug-likeness (QED) is 0.584. The van der Waals surface area contributed by atoms with Crippen molar-refractivity contribution in [3.05, 3.63) is 12.7 Å². The summed E-state index contributed by atoms with van der Waals surface area (Å²) in [5.41, 5.74) is 0. The highest BCUT2D eigenvalue weighted by atomic mass is 16.3. The van der Waals surface area contributed by atoms with Crippen LogP contribution in [0.2, 0.25) is 0 Å². The zero-order valence-electron chi connectivity index (χ0n) is 7.01. The highest BCUT2D eigenvalue weighted by Gasteiger charge is 2.08. The van der Waals surface area contributed by atoms with Crippen LogP contribution in [0.1, 0.15) is 33.1 Å². The van der Waals surface area contributed by atoms with Crippen LogP contribution in [-0.2, 0) is 0 Å². The maximum atomic E-state index is 9.24. The van der Waals surface area contributed by atoms with Crippen LogP contribution in [0.4, 0.5) is 0 Å². The van der Waals surface area contributed by atoms with Gasteiger partial charge in [0.25, 0.3) is 0 Å². The smallest absolute Gasteiger partial charge is 0.0743 e. The molecule has 0 fully saturated rings. The molecule has 1 unspecified atom stereocenters. The lowest BCUT2D eigenvalue weighted by Crippen LogP contribution is -2.13. The average Bonchev–Trinajstić information content (AvgIpc) is 1.98. The van der Waals surface area contributed by atoms with Gasteiger partial charge in [-0.15, -0.1) is 6.58 Å². The third kappa shape index (κ3) is 3.67. The molecule has 1 N–H and O–H groups in total. The molecule has 0 aromatic heterocycles. The fraction of sp³-hybridized carbons (Fsp3) is 0.778. The van der Waals surface area contributed by atoms with Crippen LogP contribution < -0.4 is 0 Å². The van der Waals surface area contributed by atoms with Crippen molar-refractivity contribution in [2.24, 2.45) is 5.92 Å². The Morgan fingerprint density at radius 2 is 2.20 bits per heavy atom. The zero-order valence-corrected chi connectivity index (χ0v) is 7.01. The molecule has 0 radical (unpaired) electrons. The van der Waals surface area contributed by atoms with Gasteiger partial charge in [0, 0.05) is 0 Å². The molecule has 0 aliphatic carbocycles. The second-order valence-corrected chi connectivity index (χ2v) is 2.85. The number of aliphatic hydroxyl groups excluding tert-OH is 1. The van der Waals surface area contributed by atoms with Crippen molar-refractivity contribution in [1.29, 1.82) is 0 Å². The SMILES string of the molecule is C=C[C@H](O)C(C)CCCC. The van der Waals surface area contributed by atoms with E-state index in [0.717, 1.165) is 6.42 Å². The van der Waals surface area contributed by atoms with Crippen molar-refractivity contribution < 1.29 is 5.11 Å². The summed E-state index contributed by atoms with van der Waals surface area (Å²) in [5.74, 6) is 0.373. The molecule has 0 saturated carbocycles. The van der Waals surface area contributed by atoms with Gasteiger partial charge in [-0.25, -0.2) is 0 Å². The van der Waals surface area contributed by atoms with Crippen LogP contribution >= 0.6 is 0 Å². The predicted octanol–water partition coefficient (Wildman–Crippen LogP) is 2.36. The van der Waals surface area contributed by atoms with E-state index < -0.39 is 0 Å². The van der Waals surface area contributed by atoms with Crippen LogP contribution in [-0.4, -0.2) is 11.2 Å². The number of hydrogen-bond donors (Lipinski definition) is 1. The van der Waals surface area contributed by atoms with Crippen molar-refractivity contribution in [2.45, 2.75) is 39.2 Å².